The van der Waals surface area contributed by atoms with Gasteiger partial charge in [-0.1, -0.05) is 24.3 Å². The Kier molecular flexibility index (Phi) is 5.59. The minimum Gasteiger partial charge on any atom is -0.438 e. The SMILES string of the molecule is Cc1csc(C2=NN(c3ccc(Oc4ncccc4-c4ccnc(N)n4)cc3)Cc3ccccc32)n1. The van der Waals surface area contributed by atoms with Gasteiger partial charge in [0, 0.05) is 29.0 Å². The maximum atomic E-state index is 6.12. The highest BCUT2D eigenvalue weighted by Crippen LogP contribution is 2.33. The van der Waals surface area contributed by atoms with Crippen molar-refractivity contribution in [1.82, 2.24) is 19.9 Å². The molecule has 0 unspecified atom stereocenters. The average molecular weight is 492 g/mol. The molecule has 0 amide bonds. The van der Waals surface area contributed by atoms with Crippen LogP contribution in [0.3, 0.4) is 0 Å². The first-order chi connectivity index (χ1) is 17.6. The van der Waals surface area contributed by atoms with Crippen LogP contribution in [0, 0.1) is 6.92 Å². The van der Waals surface area contributed by atoms with E-state index >= 15 is 0 Å². The minimum atomic E-state index is 0.197. The van der Waals surface area contributed by atoms with Crippen LogP contribution in [0.5, 0.6) is 11.6 Å². The number of nitrogen functional groups attached to an aromatic ring is 1. The molecule has 2 N–H and O–H groups in total. The fourth-order valence-electron chi connectivity index (χ4n) is 4.02. The van der Waals surface area contributed by atoms with Crippen molar-refractivity contribution in [3.05, 3.63) is 106 Å². The second-order valence-electron chi connectivity index (χ2n) is 8.21. The predicted octanol–water partition coefficient (Wildman–Crippen LogP) is 5.45. The molecule has 0 saturated carbocycles. The van der Waals surface area contributed by atoms with Crippen molar-refractivity contribution < 1.29 is 4.74 Å². The van der Waals surface area contributed by atoms with Crippen LogP contribution in [0.1, 0.15) is 21.8 Å². The van der Waals surface area contributed by atoms with Crippen molar-refractivity contribution in [3.63, 3.8) is 0 Å². The standard InChI is InChI=1S/C27H21N7OS/c1-17-16-36-26(31-17)24-21-6-3-2-5-18(21)15-34(33-24)19-8-10-20(11-9-19)35-25-22(7-4-13-29-25)23-12-14-30-27(28)32-23/h2-14,16H,15H2,1H3,(H2,28,30,32). The summed E-state index contributed by atoms with van der Waals surface area (Å²) in [5.74, 6) is 1.29. The molecule has 1 aliphatic heterocycles. The fourth-order valence-corrected chi connectivity index (χ4v) is 4.81. The molecule has 1 aliphatic rings. The Morgan fingerprint density at radius 3 is 2.53 bits per heavy atom. The van der Waals surface area contributed by atoms with Gasteiger partial charge in [0.05, 0.1) is 23.5 Å². The van der Waals surface area contributed by atoms with Gasteiger partial charge in [-0.15, -0.1) is 11.3 Å². The van der Waals surface area contributed by atoms with Gasteiger partial charge in [0.15, 0.2) is 0 Å². The van der Waals surface area contributed by atoms with E-state index in [0.717, 1.165) is 33.2 Å². The van der Waals surface area contributed by atoms with Crippen LogP contribution in [0.25, 0.3) is 11.3 Å². The lowest BCUT2D eigenvalue weighted by molar-refractivity contribution is 0.465. The molecular formula is C27H21N7OS. The first kappa shape index (κ1) is 21.9. The van der Waals surface area contributed by atoms with Crippen molar-refractivity contribution >= 4 is 28.7 Å². The number of benzene rings is 2. The molecule has 0 fully saturated rings. The van der Waals surface area contributed by atoms with Crippen molar-refractivity contribution in [2.45, 2.75) is 13.5 Å². The van der Waals surface area contributed by atoms with Crippen molar-refractivity contribution in [2.24, 2.45) is 5.10 Å². The number of nitrogens with zero attached hydrogens (tertiary/aromatic N) is 6. The van der Waals surface area contributed by atoms with E-state index in [-0.39, 0.29) is 5.95 Å². The second kappa shape index (κ2) is 9.20. The van der Waals surface area contributed by atoms with Crippen LogP contribution in [0.15, 0.2) is 89.6 Å². The number of ether oxygens (including phenoxy) is 1. The average Bonchev–Trinajstić information content (AvgIpc) is 3.35. The Bertz CT molecular complexity index is 1580. The van der Waals surface area contributed by atoms with E-state index in [2.05, 4.69) is 38.1 Å². The third-order valence-corrected chi connectivity index (χ3v) is 6.67. The molecule has 4 heterocycles. The molecule has 36 heavy (non-hydrogen) atoms. The molecule has 9 heteroatoms. The quantitative estimate of drug-likeness (QED) is 0.349. The first-order valence-electron chi connectivity index (χ1n) is 11.3. The Hall–Kier alpha value is -4.63. The molecule has 0 aliphatic carbocycles. The maximum absolute atomic E-state index is 6.12. The molecule has 2 aromatic carbocycles. The van der Waals surface area contributed by atoms with E-state index in [9.17, 15) is 0 Å². The van der Waals surface area contributed by atoms with E-state index in [1.165, 1.54) is 5.56 Å². The first-order valence-corrected chi connectivity index (χ1v) is 12.2. The zero-order valence-corrected chi connectivity index (χ0v) is 20.2. The number of hydrogen-bond donors (Lipinski definition) is 1. The Balaban J connectivity index is 1.29. The number of nitrogens with two attached hydrogens (primary N) is 1. The molecule has 5 aromatic rings. The number of fused-ring (bicyclic) bond motifs is 1. The smallest absolute Gasteiger partial charge is 0.228 e. The van der Waals surface area contributed by atoms with Crippen molar-refractivity contribution in [2.75, 3.05) is 10.7 Å². The predicted molar refractivity (Wildman–Crippen MR) is 141 cm³/mol. The number of anilines is 2. The topological polar surface area (TPSA) is 102 Å². The number of hydrazone groups is 1. The van der Waals surface area contributed by atoms with Gasteiger partial charge < -0.3 is 10.5 Å². The summed E-state index contributed by atoms with van der Waals surface area (Å²) in [7, 11) is 0. The molecule has 8 nitrogen and oxygen atoms in total. The summed E-state index contributed by atoms with van der Waals surface area (Å²) in [6.45, 7) is 2.67. The summed E-state index contributed by atoms with van der Waals surface area (Å²) >= 11 is 1.61. The highest BCUT2D eigenvalue weighted by molar-refractivity contribution is 7.12. The third-order valence-electron chi connectivity index (χ3n) is 5.71. The number of pyridine rings is 1. The lowest BCUT2D eigenvalue weighted by Crippen LogP contribution is -2.26. The summed E-state index contributed by atoms with van der Waals surface area (Å²) in [5, 5.41) is 9.93. The van der Waals surface area contributed by atoms with Gasteiger partial charge in [-0.3, -0.25) is 5.01 Å². The molecule has 0 atom stereocenters. The van der Waals surface area contributed by atoms with Crippen LogP contribution < -0.4 is 15.5 Å². The largest absolute Gasteiger partial charge is 0.438 e. The van der Waals surface area contributed by atoms with Crippen LogP contribution >= 0.6 is 11.3 Å². The molecule has 0 radical (unpaired) electrons. The molecule has 3 aromatic heterocycles. The number of hydrogen-bond acceptors (Lipinski definition) is 9. The Morgan fingerprint density at radius 2 is 1.72 bits per heavy atom. The number of thiazole rings is 1. The lowest BCUT2D eigenvalue weighted by Gasteiger charge is -2.27. The van der Waals surface area contributed by atoms with Crippen LogP contribution in [0.2, 0.25) is 0 Å². The molecule has 6 rings (SSSR count). The van der Waals surface area contributed by atoms with Gasteiger partial charge in [0.1, 0.15) is 16.5 Å². The van der Waals surface area contributed by atoms with E-state index in [4.69, 9.17) is 15.6 Å². The molecule has 0 saturated heterocycles. The van der Waals surface area contributed by atoms with Gasteiger partial charge >= 0.3 is 0 Å². The van der Waals surface area contributed by atoms with Crippen molar-refractivity contribution in [3.8, 4) is 22.9 Å². The Morgan fingerprint density at radius 1 is 0.889 bits per heavy atom. The summed E-state index contributed by atoms with van der Waals surface area (Å²) in [5.41, 5.74) is 12.3. The third kappa shape index (κ3) is 4.27. The second-order valence-corrected chi connectivity index (χ2v) is 9.07. The zero-order chi connectivity index (χ0) is 24.5. The Labute approximate surface area is 211 Å². The fraction of sp³-hybridized carbons (Fsp3) is 0.0741. The van der Waals surface area contributed by atoms with Crippen LogP contribution in [-0.2, 0) is 6.54 Å². The van der Waals surface area contributed by atoms with E-state index in [0.29, 0.717) is 23.9 Å². The van der Waals surface area contributed by atoms with Crippen molar-refractivity contribution in [1.29, 1.82) is 0 Å². The van der Waals surface area contributed by atoms with Gasteiger partial charge in [-0.25, -0.2) is 19.9 Å². The van der Waals surface area contributed by atoms with E-state index in [1.54, 1.807) is 29.8 Å². The summed E-state index contributed by atoms with van der Waals surface area (Å²) < 4.78 is 6.12. The van der Waals surface area contributed by atoms with Crippen LogP contribution in [-0.4, -0.2) is 25.6 Å². The number of aromatic nitrogens is 4. The number of rotatable bonds is 5. The van der Waals surface area contributed by atoms with E-state index < -0.39 is 0 Å². The summed E-state index contributed by atoms with van der Waals surface area (Å²) in [6, 6.07) is 21.6. The molecule has 0 bridgehead atoms. The monoisotopic (exact) mass is 491 g/mol. The minimum absolute atomic E-state index is 0.197. The van der Waals surface area contributed by atoms with Gasteiger partial charge in [-0.2, -0.15) is 5.10 Å². The van der Waals surface area contributed by atoms with Gasteiger partial charge in [0.25, 0.3) is 0 Å². The van der Waals surface area contributed by atoms with Gasteiger partial charge in [-0.05, 0) is 55.0 Å². The molecule has 0 spiro atoms. The van der Waals surface area contributed by atoms with Gasteiger partial charge in [0.2, 0.25) is 11.8 Å². The zero-order valence-electron chi connectivity index (χ0n) is 19.4. The molecule has 176 valence electrons. The van der Waals surface area contributed by atoms with Crippen LogP contribution in [0.4, 0.5) is 11.6 Å². The highest BCUT2D eigenvalue weighted by Gasteiger charge is 2.23. The normalized spacial score (nSPS) is 12.7. The van der Waals surface area contributed by atoms with E-state index in [1.807, 2.05) is 59.8 Å². The maximum Gasteiger partial charge on any atom is 0.228 e. The molecular weight excluding hydrogens is 470 g/mol. The number of aryl methyl sites for hydroxylation is 1. The lowest BCUT2D eigenvalue weighted by atomic mass is 10.0. The summed E-state index contributed by atoms with van der Waals surface area (Å²) in [4.78, 5) is 17.3. The highest BCUT2D eigenvalue weighted by atomic mass is 32.1. The summed E-state index contributed by atoms with van der Waals surface area (Å²) in [6.07, 6.45) is 3.29.